The second-order valence-electron chi connectivity index (χ2n) is 8.53. The van der Waals surface area contributed by atoms with Gasteiger partial charge in [-0.15, -0.1) is 0 Å². The third-order valence-electron chi connectivity index (χ3n) is 5.50. The van der Waals surface area contributed by atoms with Crippen LogP contribution in [0.15, 0.2) is 54.6 Å². The average molecular weight is 452 g/mol. The summed E-state index contributed by atoms with van der Waals surface area (Å²) in [5, 5.41) is 15.2. The molecule has 2 aromatic rings. The molecule has 8 nitrogen and oxygen atoms in total. The van der Waals surface area contributed by atoms with Crippen LogP contribution in [0, 0.1) is 5.92 Å². The Morgan fingerprint density at radius 1 is 0.939 bits per heavy atom. The fraction of sp³-hybridized carbons (Fsp3) is 0.360. The number of carbonyl (C=O) groups excluding carboxylic acids is 3. The Hall–Kier alpha value is -3.52. The van der Waals surface area contributed by atoms with Gasteiger partial charge in [0, 0.05) is 13.0 Å². The first kappa shape index (κ1) is 24.1. The van der Waals surface area contributed by atoms with Crippen molar-refractivity contribution in [1.82, 2.24) is 15.5 Å². The smallest absolute Gasteiger partial charge is 0.303 e. The normalized spacial score (nSPS) is 14.8. The van der Waals surface area contributed by atoms with Crippen LogP contribution in [-0.2, 0) is 16.1 Å². The quantitative estimate of drug-likeness (QED) is 0.453. The Labute approximate surface area is 193 Å². The molecule has 1 heterocycles. The van der Waals surface area contributed by atoms with Gasteiger partial charge in [-0.3, -0.25) is 29.4 Å². The molecule has 2 atom stereocenters. The van der Waals surface area contributed by atoms with Crippen LogP contribution in [0.4, 0.5) is 0 Å². The number of carboxylic acids is 1. The van der Waals surface area contributed by atoms with Crippen LogP contribution >= 0.6 is 0 Å². The van der Waals surface area contributed by atoms with E-state index < -0.39 is 30.0 Å². The number of fused-ring (bicyclic) bond motifs is 1. The van der Waals surface area contributed by atoms with Crippen molar-refractivity contribution in [1.29, 1.82) is 0 Å². The third kappa shape index (κ3) is 6.04. The van der Waals surface area contributed by atoms with Crippen molar-refractivity contribution in [3.8, 4) is 0 Å². The Bertz CT molecular complexity index is 987. The highest BCUT2D eigenvalue weighted by molar-refractivity contribution is 6.21. The van der Waals surface area contributed by atoms with Crippen LogP contribution < -0.4 is 10.6 Å². The van der Waals surface area contributed by atoms with E-state index in [-0.39, 0.29) is 35.8 Å². The Morgan fingerprint density at radius 3 is 2.06 bits per heavy atom. The fourth-order valence-corrected chi connectivity index (χ4v) is 3.90. The van der Waals surface area contributed by atoms with Gasteiger partial charge in [0.1, 0.15) is 0 Å². The molecule has 0 aromatic heterocycles. The fourth-order valence-electron chi connectivity index (χ4n) is 3.90. The summed E-state index contributed by atoms with van der Waals surface area (Å²) in [5.41, 5.74) is 1.49. The van der Waals surface area contributed by atoms with E-state index in [0.29, 0.717) is 13.0 Å². The van der Waals surface area contributed by atoms with Crippen LogP contribution in [0.3, 0.4) is 0 Å². The zero-order valence-corrected chi connectivity index (χ0v) is 18.8. The largest absolute Gasteiger partial charge is 0.481 e. The second kappa shape index (κ2) is 10.9. The van der Waals surface area contributed by atoms with Crippen LogP contribution in [0.1, 0.15) is 59.4 Å². The average Bonchev–Trinajstić information content (AvgIpc) is 3.05. The summed E-state index contributed by atoms with van der Waals surface area (Å²) in [5.74, 6) is -2.16. The highest BCUT2D eigenvalue weighted by atomic mass is 16.4. The molecular formula is C25H29N3O5. The minimum absolute atomic E-state index is 0.0125. The summed E-state index contributed by atoms with van der Waals surface area (Å²) in [4.78, 5) is 51.3. The lowest BCUT2D eigenvalue weighted by atomic mass is 10.0. The molecule has 3 rings (SSSR count). The zero-order chi connectivity index (χ0) is 24.0. The standard InChI is InChI=1S/C25H29N3O5/c1-16(2)14-20(23(31)26-15-17-8-4-3-5-9-17)27-21(12-13-22(29)30)28-24(32)18-10-6-7-11-19(18)25(28)33/h3-11,16,20-21,27H,12-15H2,1-2H3,(H,26,31)(H,29,30). The number of carbonyl (C=O) groups is 4. The van der Waals surface area contributed by atoms with Crippen molar-refractivity contribution in [2.75, 3.05) is 0 Å². The Kier molecular flexibility index (Phi) is 7.95. The highest BCUT2D eigenvalue weighted by Gasteiger charge is 2.41. The predicted octanol–water partition coefficient (Wildman–Crippen LogP) is 2.79. The summed E-state index contributed by atoms with van der Waals surface area (Å²) in [6, 6.07) is 15.2. The lowest BCUT2D eigenvalue weighted by molar-refractivity contribution is -0.137. The molecule has 0 saturated carbocycles. The number of hydrogen-bond acceptors (Lipinski definition) is 5. The van der Waals surface area contributed by atoms with Gasteiger partial charge in [0.15, 0.2) is 0 Å². The molecule has 1 aliphatic heterocycles. The highest BCUT2D eigenvalue weighted by Crippen LogP contribution is 2.26. The molecule has 0 fully saturated rings. The van der Waals surface area contributed by atoms with Gasteiger partial charge in [-0.25, -0.2) is 0 Å². The van der Waals surface area contributed by atoms with E-state index in [0.717, 1.165) is 10.5 Å². The van der Waals surface area contributed by atoms with Gasteiger partial charge in [-0.2, -0.15) is 0 Å². The van der Waals surface area contributed by atoms with E-state index >= 15 is 0 Å². The van der Waals surface area contributed by atoms with E-state index in [2.05, 4.69) is 10.6 Å². The van der Waals surface area contributed by atoms with Gasteiger partial charge in [-0.05, 0) is 36.5 Å². The number of rotatable bonds is 11. The maximum atomic E-state index is 13.0. The lowest BCUT2D eigenvalue weighted by Gasteiger charge is -2.31. The SMILES string of the molecule is CC(C)CC(NC(CCC(=O)O)N1C(=O)c2ccccc2C1=O)C(=O)NCc1ccccc1. The van der Waals surface area contributed by atoms with Crippen LogP contribution in [-0.4, -0.2) is 45.9 Å². The summed E-state index contributed by atoms with van der Waals surface area (Å²) in [7, 11) is 0. The summed E-state index contributed by atoms with van der Waals surface area (Å²) < 4.78 is 0. The molecule has 0 radical (unpaired) electrons. The number of carboxylic acid groups (broad SMARTS) is 1. The molecule has 2 unspecified atom stereocenters. The van der Waals surface area contributed by atoms with Crippen LogP contribution in [0.5, 0.6) is 0 Å². The van der Waals surface area contributed by atoms with Gasteiger partial charge in [-0.1, -0.05) is 56.3 Å². The Balaban J connectivity index is 1.80. The monoisotopic (exact) mass is 451 g/mol. The van der Waals surface area contributed by atoms with Crippen molar-refractivity contribution < 1.29 is 24.3 Å². The van der Waals surface area contributed by atoms with Gasteiger partial charge in [0.05, 0.1) is 23.3 Å². The Morgan fingerprint density at radius 2 is 1.52 bits per heavy atom. The lowest BCUT2D eigenvalue weighted by Crippen LogP contribution is -2.56. The van der Waals surface area contributed by atoms with Crippen LogP contribution in [0.2, 0.25) is 0 Å². The van der Waals surface area contributed by atoms with Gasteiger partial charge < -0.3 is 10.4 Å². The van der Waals surface area contributed by atoms with Crippen molar-refractivity contribution >= 4 is 23.7 Å². The first-order valence-corrected chi connectivity index (χ1v) is 11.0. The maximum absolute atomic E-state index is 13.0. The molecule has 33 heavy (non-hydrogen) atoms. The minimum Gasteiger partial charge on any atom is -0.481 e. The number of nitrogens with zero attached hydrogens (tertiary/aromatic N) is 1. The molecule has 0 bridgehead atoms. The van der Waals surface area contributed by atoms with E-state index in [1.54, 1.807) is 24.3 Å². The van der Waals surface area contributed by atoms with E-state index in [9.17, 15) is 24.3 Å². The van der Waals surface area contributed by atoms with E-state index in [4.69, 9.17) is 0 Å². The number of amides is 3. The van der Waals surface area contributed by atoms with Crippen molar-refractivity contribution in [2.45, 2.75) is 51.9 Å². The molecule has 2 aromatic carbocycles. The molecule has 8 heteroatoms. The molecule has 0 spiro atoms. The first-order chi connectivity index (χ1) is 15.8. The van der Waals surface area contributed by atoms with Crippen molar-refractivity contribution in [2.24, 2.45) is 5.92 Å². The number of aliphatic carboxylic acids is 1. The molecular weight excluding hydrogens is 422 g/mol. The number of benzene rings is 2. The van der Waals surface area contributed by atoms with Crippen LogP contribution in [0.25, 0.3) is 0 Å². The van der Waals surface area contributed by atoms with Crippen molar-refractivity contribution in [3.05, 3.63) is 71.3 Å². The molecule has 174 valence electrons. The minimum atomic E-state index is -1.05. The molecule has 1 aliphatic rings. The first-order valence-electron chi connectivity index (χ1n) is 11.0. The van der Waals surface area contributed by atoms with Gasteiger partial charge >= 0.3 is 5.97 Å². The summed E-state index contributed by atoms with van der Waals surface area (Å²) in [6.45, 7) is 4.27. The molecule has 0 aliphatic carbocycles. The number of nitrogens with one attached hydrogen (secondary N) is 2. The number of imide groups is 1. The predicted molar refractivity (Wildman–Crippen MR) is 122 cm³/mol. The summed E-state index contributed by atoms with van der Waals surface area (Å²) >= 11 is 0. The van der Waals surface area contributed by atoms with E-state index in [1.807, 2.05) is 44.2 Å². The second-order valence-corrected chi connectivity index (χ2v) is 8.53. The molecule has 3 N–H and O–H groups in total. The third-order valence-corrected chi connectivity index (χ3v) is 5.50. The summed E-state index contributed by atoms with van der Waals surface area (Å²) in [6.07, 6.45) is -0.750. The van der Waals surface area contributed by atoms with Crippen molar-refractivity contribution in [3.63, 3.8) is 0 Å². The van der Waals surface area contributed by atoms with Gasteiger partial charge in [0.2, 0.25) is 5.91 Å². The topological polar surface area (TPSA) is 116 Å². The molecule has 0 saturated heterocycles. The zero-order valence-electron chi connectivity index (χ0n) is 18.8. The molecule has 3 amide bonds. The van der Waals surface area contributed by atoms with E-state index in [1.165, 1.54) is 0 Å². The number of hydrogen-bond donors (Lipinski definition) is 3. The maximum Gasteiger partial charge on any atom is 0.303 e. The van der Waals surface area contributed by atoms with Gasteiger partial charge in [0.25, 0.3) is 11.8 Å².